The van der Waals surface area contributed by atoms with Gasteiger partial charge in [-0.15, -0.1) is 0 Å². The first-order valence-corrected chi connectivity index (χ1v) is 4.84. The lowest BCUT2D eigenvalue weighted by Crippen LogP contribution is -1.97. The molecule has 16 heavy (non-hydrogen) atoms. The fourth-order valence-corrected chi connectivity index (χ4v) is 1.68. The number of pyridine rings is 1. The molecule has 0 saturated heterocycles. The number of hydrogen-bond acceptors (Lipinski definition) is 4. The molecule has 5 heteroatoms. The number of fused-ring (bicyclic) bond motifs is 1. The summed E-state index contributed by atoms with van der Waals surface area (Å²) in [6.45, 7) is 0. The maximum absolute atomic E-state index is 5.77. The molecule has 0 spiro atoms. The van der Waals surface area contributed by atoms with Crippen molar-refractivity contribution in [1.29, 1.82) is 0 Å². The second-order valence-electron chi connectivity index (χ2n) is 3.45. The predicted octanol–water partition coefficient (Wildman–Crippen LogP) is 1.40. The maximum Gasteiger partial charge on any atom is 0.138 e. The highest BCUT2D eigenvalue weighted by atomic mass is 15.3. The molecule has 78 valence electrons. The Bertz CT molecular complexity index is 630. The van der Waals surface area contributed by atoms with Crippen LogP contribution >= 0.6 is 0 Å². The van der Waals surface area contributed by atoms with Crippen LogP contribution in [0.4, 0.5) is 5.69 Å². The number of aromatic nitrogens is 4. The van der Waals surface area contributed by atoms with Crippen LogP contribution in [-0.4, -0.2) is 19.7 Å². The zero-order valence-electron chi connectivity index (χ0n) is 8.41. The molecule has 3 rings (SSSR count). The molecule has 2 N–H and O–H groups in total. The number of hydrogen-bond donors (Lipinski definition) is 1. The molecule has 3 aromatic rings. The average Bonchev–Trinajstić information content (AvgIpc) is 2.81. The van der Waals surface area contributed by atoms with Crippen molar-refractivity contribution in [2.75, 3.05) is 5.73 Å². The van der Waals surface area contributed by atoms with Crippen LogP contribution in [0.5, 0.6) is 0 Å². The molecule has 0 unspecified atom stereocenters. The van der Waals surface area contributed by atoms with Gasteiger partial charge >= 0.3 is 0 Å². The summed E-state index contributed by atoms with van der Waals surface area (Å²) < 4.78 is 1.70. The van der Waals surface area contributed by atoms with Crippen LogP contribution in [0.3, 0.4) is 0 Å². The Morgan fingerprint density at radius 3 is 2.94 bits per heavy atom. The lowest BCUT2D eigenvalue weighted by Gasteiger charge is -2.05. The van der Waals surface area contributed by atoms with Gasteiger partial charge in [0.1, 0.15) is 12.7 Å². The quantitative estimate of drug-likeness (QED) is 0.617. The highest BCUT2D eigenvalue weighted by molar-refractivity contribution is 5.89. The molecule has 0 amide bonds. The molecule has 5 nitrogen and oxygen atoms in total. The van der Waals surface area contributed by atoms with Gasteiger partial charge in [0.2, 0.25) is 0 Å². The van der Waals surface area contributed by atoms with Crippen LogP contribution in [0.1, 0.15) is 0 Å². The van der Waals surface area contributed by atoms with E-state index in [9.17, 15) is 0 Å². The van der Waals surface area contributed by atoms with Crippen LogP contribution < -0.4 is 5.73 Å². The van der Waals surface area contributed by atoms with E-state index < -0.39 is 0 Å². The second-order valence-corrected chi connectivity index (χ2v) is 3.45. The molecular weight excluding hydrogens is 202 g/mol. The van der Waals surface area contributed by atoms with Crippen molar-refractivity contribution >= 4 is 16.6 Å². The Kier molecular flexibility index (Phi) is 1.83. The standard InChI is InChI=1S/C11H9N5/c12-8-1-2-10-9(5-8)11(3-4-14-10)16-7-13-6-15-16/h1-7H,12H2. The van der Waals surface area contributed by atoms with Crippen LogP contribution in [0.25, 0.3) is 16.6 Å². The molecule has 2 heterocycles. The highest BCUT2D eigenvalue weighted by Crippen LogP contribution is 2.21. The van der Waals surface area contributed by atoms with E-state index in [0.29, 0.717) is 5.69 Å². The summed E-state index contributed by atoms with van der Waals surface area (Å²) in [5.41, 5.74) is 8.30. The van der Waals surface area contributed by atoms with E-state index in [0.717, 1.165) is 16.6 Å². The predicted molar refractivity (Wildman–Crippen MR) is 61.1 cm³/mol. The molecule has 0 saturated carbocycles. The summed E-state index contributed by atoms with van der Waals surface area (Å²) in [6.07, 6.45) is 4.89. The third-order valence-corrected chi connectivity index (χ3v) is 2.41. The minimum absolute atomic E-state index is 0.710. The van der Waals surface area contributed by atoms with Crippen LogP contribution in [0.15, 0.2) is 43.1 Å². The SMILES string of the molecule is Nc1ccc2nccc(-n3cncn3)c2c1. The fourth-order valence-electron chi connectivity index (χ4n) is 1.68. The average molecular weight is 211 g/mol. The number of nitrogen functional groups attached to an aromatic ring is 1. The summed E-state index contributed by atoms with van der Waals surface area (Å²) in [4.78, 5) is 8.20. The van der Waals surface area contributed by atoms with Crippen molar-refractivity contribution in [1.82, 2.24) is 19.7 Å². The zero-order chi connectivity index (χ0) is 11.0. The molecule has 1 aromatic carbocycles. The second kappa shape index (κ2) is 3.30. The minimum Gasteiger partial charge on any atom is -0.399 e. The molecule has 2 aromatic heterocycles. The zero-order valence-corrected chi connectivity index (χ0v) is 8.41. The largest absolute Gasteiger partial charge is 0.399 e. The summed E-state index contributed by atoms with van der Waals surface area (Å²) in [6, 6.07) is 7.50. The van der Waals surface area contributed by atoms with Gasteiger partial charge in [0.25, 0.3) is 0 Å². The van der Waals surface area contributed by atoms with Crippen molar-refractivity contribution in [2.24, 2.45) is 0 Å². The number of nitrogens with two attached hydrogens (primary N) is 1. The first kappa shape index (κ1) is 8.84. The van der Waals surface area contributed by atoms with Gasteiger partial charge in [-0.2, -0.15) is 5.10 Å². The minimum atomic E-state index is 0.710. The monoisotopic (exact) mass is 211 g/mol. The van der Waals surface area contributed by atoms with Crippen molar-refractivity contribution in [3.8, 4) is 5.69 Å². The molecular formula is C11H9N5. The van der Waals surface area contributed by atoms with Gasteiger partial charge in [0.05, 0.1) is 11.2 Å². The molecule has 0 aliphatic heterocycles. The third-order valence-electron chi connectivity index (χ3n) is 2.41. The smallest absolute Gasteiger partial charge is 0.138 e. The number of anilines is 1. The molecule has 0 atom stereocenters. The van der Waals surface area contributed by atoms with E-state index in [1.807, 2.05) is 24.3 Å². The van der Waals surface area contributed by atoms with Crippen molar-refractivity contribution in [3.63, 3.8) is 0 Å². The topological polar surface area (TPSA) is 69.6 Å². The fraction of sp³-hybridized carbons (Fsp3) is 0. The Labute approximate surface area is 91.6 Å². The highest BCUT2D eigenvalue weighted by Gasteiger charge is 2.04. The summed E-state index contributed by atoms with van der Waals surface area (Å²) in [5, 5.41) is 5.07. The van der Waals surface area contributed by atoms with Gasteiger partial charge < -0.3 is 5.73 Å². The molecule has 0 bridgehead atoms. The molecule has 0 aliphatic rings. The number of rotatable bonds is 1. The van der Waals surface area contributed by atoms with Gasteiger partial charge in [-0.25, -0.2) is 9.67 Å². The first-order chi connectivity index (χ1) is 7.84. The van der Waals surface area contributed by atoms with Gasteiger partial charge in [-0.1, -0.05) is 0 Å². The lowest BCUT2D eigenvalue weighted by molar-refractivity contribution is 0.885. The van der Waals surface area contributed by atoms with Gasteiger partial charge in [0.15, 0.2) is 0 Å². The van der Waals surface area contributed by atoms with Crippen LogP contribution in [-0.2, 0) is 0 Å². The summed E-state index contributed by atoms with van der Waals surface area (Å²) in [7, 11) is 0. The van der Waals surface area contributed by atoms with Gasteiger partial charge in [0, 0.05) is 17.3 Å². The molecule has 0 radical (unpaired) electrons. The molecule has 0 aliphatic carbocycles. The Hall–Kier alpha value is -2.43. The van der Waals surface area contributed by atoms with Crippen LogP contribution in [0, 0.1) is 0 Å². The Balaban J connectivity index is 2.36. The lowest BCUT2D eigenvalue weighted by atomic mass is 10.1. The molecule has 0 fully saturated rings. The van der Waals surface area contributed by atoms with E-state index in [1.54, 1.807) is 17.2 Å². The van der Waals surface area contributed by atoms with Crippen molar-refractivity contribution in [2.45, 2.75) is 0 Å². The third kappa shape index (κ3) is 1.30. The normalized spacial score (nSPS) is 10.8. The van der Waals surface area contributed by atoms with Crippen molar-refractivity contribution in [3.05, 3.63) is 43.1 Å². The number of nitrogens with zero attached hydrogens (tertiary/aromatic N) is 4. The van der Waals surface area contributed by atoms with Crippen LogP contribution in [0.2, 0.25) is 0 Å². The number of benzene rings is 1. The maximum atomic E-state index is 5.77. The van der Waals surface area contributed by atoms with E-state index >= 15 is 0 Å². The summed E-state index contributed by atoms with van der Waals surface area (Å²) >= 11 is 0. The van der Waals surface area contributed by atoms with Gasteiger partial charge in [-0.3, -0.25) is 4.98 Å². The van der Waals surface area contributed by atoms with E-state index in [2.05, 4.69) is 15.1 Å². The van der Waals surface area contributed by atoms with E-state index in [-0.39, 0.29) is 0 Å². The van der Waals surface area contributed by atoms with Gasteiger partial charge in [-0.05, 0) is 24.3 Å². The Morgan fingerprint density at radius 2 is 2.12 bits per heavy atom. The van der Waals surface area contributed by atoms with E-state index in [4.69, 9.17) is 5.73 Å². The summed E-state index contributed by atoms with van der Waals surface area (Å²) in [5.74, 6) is 0. The first-order valence-electron chi connectivity index (χ1n) is 4.84. The van der Waals surface area contributed by atoms with E-state index in [1.165, 1.54) is 6.33 Å². The van der Waals surface area contributed by atoms with Crippen molar-refractivity contribution < 1.29 is 0 Å². The Morgan fingerprint density at radius 1 is 1.19 bits per heavy atom.